The molecule has 0 spiro atoms. The SMILES string of the molecule is Cc1cc(N2CCCC2)c2ccc(NCc3ccccc3Cl)cc2n1. The highest BCUT2D eigenvalue weighted by molar-refractivity contribution is 6.31. The minimum absolute atomic E-state index is 0.704. The molecule has 1 aliphatic rings. The highest BCUT2D eigenvalue weighted by atomic mass is 35.5. The van der Waals surface area contributed by atoms with Crippen molar-refractivity contribution < 1.29 is 0 Å². The molecular formula is C21H22ClN3. The van der Waals surface area contributed by atoms with E-state index in [1.807, 2.05) is 24.3 Å². The zero-order valence-corrected chi connectivity index (χ0v) is 15.2. The van der Waals surface area contributed by atoms with Crippen LogP contribution in [0, 0.1) is 6.92 Å². The van der Waals surface area contributed by atoms with Crippen LogP contribution in [0.3, 0.4) is 0 Å². The third-order valence-electron chi connectivity index (χ3n) is 4.80. The number of nitrogens with zero attached hydrogens (tertiary/aromatic N) is 2. The summed E-state index contributed by atoms with van der Waals surface area (Å²) in [6.45, 7) is 5.06. The van der Waals surface area contributed by atoms with Gasteiger partial charge in [-0.05, 0) is 55.7 Å². The summed E-state index contributed by atoms with van der Waals surface area (Å²) in [4.78, 5) is 7.23. The van der Waals surface area contributed by atoms with Crippen molar-refractivity contribution >= 4 is 33.9 Å². The first-order valence-electron chi connectivity index (χ1n) is 8.84. The second-order valence-electron chi connectivity index (χ2n) is 6.65. The number of halogens is 1. The summed E-state index contributed by atoms with van der Waals surface area (Å²) in [5.74, 6) is 0. The summed E-state index contributed by atoms with van der Waals surface area (Å²) < 4.78 is 0. The molecule has 1 aliphatic heterocycles. The Kier molecular flexibility index (Phi) is 4.50. The maximum absolute atomic E-state index is 6.24. The number of aromatic nitrogens is 1. The van der Waals surface area contributed by atoms with Gasteiger partial charge in [-0.2, -0.15) is 0 Å². The van der Waals surface area contributed by atoms with Crippen molar-refractivity contribution in [3.05, 3.63) is 64.8 Å². The minimum Gasteiger partial charge on any atom is -0.381 e. The summed E-state index contributed by atoms with van der Waals surface area (Å²) in [5, 5.41) is 5.49. The van der Waals surface area contributed by atoms with E-state index in [1.165, 1.54) is 23.9 Å². The highest BCUT2D eigenvalue weighted by Gasteiger charge is 2.16. The van der Waals surface area contributed by atoms with Crippen LogP contribution in [0.25, 0.3) is 10.9 Å². The van der Waals surface area contributed by atoms with Crippen molar-refractivity contribution in [2.45, 2.75) is 26.3 Å². The maximum Gasteiger partial charge on any atom is 0.0746 e. The Morgan fingerprint density at radius 2 is 1.88 bits per heavy atom. The number of rotatable bonds is 4. The van der Waals surface area contributed by atoms with Crippen LogP contribution in [0.15, 0.2) is 48.5 Å². The molecule has 2 heterocycles. The Labute approximate surface area is 153 Å². The third-order valence-corrected chi connectivity index (χ3v) is 5.17. The molecule has 0 atom stereocenters. The quantitative estimate of drug-likeness (QED) is 0.681. The predicted octanol–water partition coefficient (Wildman–Crippen LogP) is 5.41. The first-order chi connectivity index (χ1) is 12.2. The van der Waals surface area contributed by atoms with Gasteiger partial charge in [0.05, 0.1) is 5.52 Å². The molecule has 1 fully saturated rings. The van der Waals surface area contributed by atoms with Gasteiger partial charge in [0.1, 0.15) is 0 Å². The van der Waals surface area contributed by atoms with Gasteiger partial charge in [0.2, 0.25) is 0 Å². The van der Waals surface area contributed by atoms with Crippen LogP contribution >= 0.6 is 11.6 Å². The Morgan fingerprint density at radius 1 is 1.08 bits per heavy atom. The van der Waals surface area contributed by atoms with Crippen LogP contribution < -0.4 is 10.2 Å². The van der Waals surface area contributed by atoms with E-state index in [1.54, 1.807) is 0 Å². The molecule has 25 heavy (non-hydrogen) atoms. The Bertz CT molecular complexity index is 901. The number of nitrogens with one attached hydrogen (secondary N) is 1. The summed E-state index contributed by atoms with van der Waals surface area (Å²) in [6, 6.07) is 16.6. The first kappa shape index (κ1) is 16.2. The smallest absolute Gasteiger partial charge is 0.0746 e. The van der Waals surface area contributed by atoms with E-state index in [9.17, 15) is 0 Å². The lowest BCUT2D eigenvalue weighted by Crippen LogP contribution is -2.18. The molecule has 1 aromatic heterocycles. The topological polar surface area (TPSA) is 28.2 Å². The summed E-state index contributed by atoms with van der Waals surface area (Å²) in [7, 11) is 0. The Morgan fingerprint density at radius 3 is 2.68 bits per heavy atom. The van der Waals surface area contributed by atoms with Crippen LogP contribution in [0.4, 0.5) is 11.4 Å². The van der Waals surface area contributed by atoms with Crippen molar-refractivity contribution in [1.29, 1.82) is 0 Å². The van der Waals surface area contributed by atoms with Crippen LogP contribution in [0.2, 0.25) is 5.02 Å². The van der Waals surface area contributed by atoms with Gasteiger partial charge in [0, 0.05) is 47.1 Å². The maximum atomic E-state index is 6.24. The lowest BCUT2D eigenvalue weighted by atomic mass is 10.1. The molecule has 0 unspecified atom stereocenters. The molecule has 2 aromatic carbocycles. The van der Waals surface area contributed by atoms with Crippen LogP contribution in [-0.2, 0) is 6.54 Å². The molecule has 128 valence electrons. The molecular weight excluding hydrogens is 330 g/mol. The number of anilines is 2. The van der Waals surface area contributed by atoms with E-state index < -0.39 is 0 Å². The minimum atomic E-state index is 0.704. The second-order valence-corrected chi connectivity index (χ2v) is 7.06. The molecule has 1 saturated heterocycles. The van der Waals surface area contributed by atoms with Crippen LogP contribution in [-0.4, -0.2) is 18.1 Å². The van der Waals surface area contributed by atoms with E-state index in [0.717, 1.165) is 40.6 Å². The average molecular weight is 352 g/mol. The first-order valence-corrected chi connectivity index (χ1v) is 9.22. The van der Waals surface area contributed by atoms with Gasteiger partial charge in [-0.15, -0.1) is 0 Å². The molecule has 0 bridgehead atoms. The van der Waals surface area contributed by atoms with Crippen molar-refractivity contribution in [3.8, 4) is 0 Å². The van der Waals surface area contributed by atoms with E-state index in [-0.39, 0.29) is 0 Å². The third kappa shape index (κ3) is 3.42. The van der Waals surface area contributed by atoms with Gasteiger partial charge >= 0.3 is 0 Å². The second kappa shape index (κ2) is 6.93. The van der Waals surface area contributed by atoms with Crippen molar-refractivity contribution in [3.63, 3.8) is 0 Å². The standard InChI is InChI=1S/C21H22ClN3/c1-15-12-21(25-10-4-5-11-25)18-9-8-17(13-20(18)24-15)23-14-16-6-2-3-7-19(16)22/h2-3,6-9,12-13,23H,4-5,10-11,14H2,1H3. The van der Waals surface area contributed by atoms with Crippen LogP contribution in [0.1, 0.15) is 24.1 Å². The highest BCUT2D eigenvalue weighted by Crippen LogP contribution is 2.31. The largest absolute Gasteiger partial charge is 0.381 e. The molecule has 1 N–H and O–H groups in total. The number of aryl methyl sites for hydroxylation is 1. The van der Waals surface area contributed by atoms with E-state index in [4.69, 9.17) is 16.6 Å². The Hall–Kier alpha value is -2.26. The number of hydrogen-bond donors (Lipinski definition) is 1. The normalized spacial score (nSPS) is 14.2. The van der Waals surface area contributed by atoms with Crippen molar-refractivity contribution in [2.75, 3.05) is 23.3 Å². The van der Waals surface area contributed by atoms with Gasteiger partial charge in [0.25, 0.3) is 0 Å². The van der Waals surface area contributed by atoms with Gasteiger partial charge in [-0.25, -0.2) is 0 Å². The molecule has 4 heteroatoms. The molecule has 0 amide bonds. The number of pyridine rings is 1. The van der Waals surface area contributed by atoms with Gasteiger partial charge < -0.3 is 10.2 Å². The molecule has 0 saturated carbocycles. The molecule has 0 radical (unpaired) electrons. The lowest BCUT2D eigenvalue weighted by molar-refractivity contribution is 0.949. The van der Waals surface area contributed by atoms with E-state index >= 15 is 0 Å². The molecule has 3 aromatic rings. The fraction of sp³-hybridized carbons (Fsp3) is 0.286. The zero-order valence-electron chi connectivity index (χ0n) is 14.4. The van der Waals surface area contributed by atoms with Gasteiger partial charge in [-0.3, -0.25) is 4.98 Å². The summed E-state index contributed by atoms with van der Waals surface area (Å²) in [5.41, 5.74) is 5.60. The van der Waals surface area contributed by atoms with Crippen LogP contribution in [0.5, 0.6) is 0 Å². The molecule has 0 aliphatic carbocycles. The van der Waals surface area contributed by atoms with E-state index in [2.05, 4.69) is 41.4 Å². The lowest BCUT2D eigenvalue weighted by Gasteiger charge is -2.20. The van der Waals surface area contributed by atoms with E-state index in [0.29, 0.717) is 6.54 Å². The average Bonchev–Trinajstić information content (AvgIpc) is 3.14. The number of benzene rings is 2. The molecule has 4 rings (SSSR count). The van der Waals surface area contributed by atoms with Gasteiger partial charge in [-0.1, -0.05) is 29.8 Å². The summed E-state index contributed by atoms with van der Waals surface area (Å²) >= 11 is 6.24. The Balaban J connectivity index is 1.62. The van der Waals surface area contributed by atoms with Gasteiger partial charge in [0.15, 0.2) is 0 Å². The summed E-state index contributed by atoms with van der Waals surface area (Å²) in [6.07, 6.45) is 2.56. The van der Waals surface area contributed by atoms with Crippen molar-refractivity contribution in [2.24, 2.45) is 0 Å². The fourth-order valence-corrected chi connectivity index (χ4v) is 3.71. The predicted molar refractivity (Wildman–Crippen MR) is 107 cm³/mol. The molecule has 3 nitrogen and oxygen atoms in total. The number of fused-ring (bicyclic) bond motifs is 1. The van der Waals surface area contributed by atoms with Crippen molar-refractivity contribution in [1.82, 2.24) is 4.98 Å². The number of hydrogen-bond acceptors (Lipinski definition) is 3. The monoisotopic (exact) mass is 351 g/mol. The zero-order chi connectivity index (χ0) is 17.2. The fourth-order valence-electron chi connectivity index (χ4n) is 3.51.